The molecule has 0 radical (unpaired) electrons. The van der Waals surface area contributed by atoms with E-state index in [4.69, 9.17) is 4.74 Å². The van der Waals surface area contributed by atoms with Crippen molar-refractivity contribution >= 4 is 22.6 Å². The number of amides is 2. The molecule has 3 rings (SSSR count). The number of aromatic nitrogens is 1. The number of benzene rings is 1. The van der Waals surface area contributed by atoms with E-state index in [1.54, 1.807) is 7.11 Å². The Morgan fingerprint density at radius 1 is 1.39 bits per heavy atom. The normalized spacial score (nSPS) is 20.8. The molecule has 1 aliphatic carbocycles. The predicted octanol–water partition coefficient (Wildman–Crippen LogP) is 2.32. The van der Waals surface area contributed by atoms with E-state index < -0.39 is 6.10 Å². The van der Waals surface area contributed by atoms with Crippen LogP contribution in [0.5, 0.6) is 0 Å². The number of fused-ring (bicyclic) bond motifs is 1. The molecule has 0 saturated heterocycles. The van der Waals surface area contributed by atoms with Gasteiger partial charge in [-0.1, -0.05) is 0 Å². The molecule has 3 N–H and O–H groups in total. The molecule has 1 aromatic heterocycles. The summed E-state index contributed by atoms with van der Waals surface area (Å²) in [5.74, 6) is 0. The Hall–Kier alpha value is -2.05. The van der Waals surface area contributed by atoms with E-state index in [1.807, 2.05) is 30.5 Å². The number of hydrogen-bond acceptors (Lipinski definition) is 3. The van der Waals surface area contributed by atoms with Gasteiger partial charge in [-0.15, -0.1) is 0 Å². The van der Waals surface area contributed by atoms with Crippen LogP contribution in [0, 0.1) is 0 Å². The van der Waals surface area contributed by atoms with Gasteiger partial charge in [0.2, 0.25) is 0 Å². The second kappa shape index (κ2) is 7.02. The highest BCUT2D eigenvalue weighted by Crippen LogP contribution is 2.21. The zero-order chi connectivity index (χ0) is 16.2. The molecule has 1 aromatic carbocycles. The molecular weight excluding hydrogens is 294 g/mol. The summed E-state index contributed by atoms with van der Waals surface area (Å²) in [6.07, 6.45) is 4.12. The SMILES string of the molecule is COCCn1ccc2cc(NC(=O)N[C@H]3CCC[C@@H]3O)ccc21. The van der Waals surface area contributed by atoms with Gasteiger partial charge in [-0.05, 0) is 43.5 Å². The first kappa shape index (κ1) is 15.8. The molecule has 2 amide bonds. The monoisotopic (exact) mass is 317 g/mol. The van der Waals surface area contributed by atoms with E-state index in [9.17, 15) is 9.90 Å². The molecule has 0 aliphatic heterocycles. The average Bonchev–Trinajstić information content (AvgIpc) is 3.11. The topological polar surface area (TPSA) is 75.5 Å². The maximum absolute atomic E-state index is 12.0. The molecule has 6 nitrogen and oxygen atoms in total. The van der Waals surface area contributed by atoms with Crippen LogP contribution in [0.15, 0.2) is 30.5 Å². The number of methoxy groups -OCH3 is 1. The molecule has 23 heavy (non-hydrogen) atoms. The Balaban J connectivity index is 1.65. The molecule has 2 atom stereocenters. The van der Waals surface area contributed by atoms with Crippen LogP contribution in [-0.2, 0) is 11.3 Å². The summed E-state index contributed by atoms with van der Waals surface area (Å²) in [6, 6.07) is 7.43. The number of hydrogen-bond donors (Lipinski definition) is 3. The molecule has 0 unspecified atom stereocenters. The predicted molar refractivity (Wildman–Crippen MR) is 89.6 cm³/mol. The van der Waals surface area contributed by atoms with Crippen molar-refractivity contribution in [3.63, 3.8) is 0 Å². The van der Waals surface area contributed by atoms with Crippen molar-refractivity contribution in [2.45, 2.75) is 38.0 Å². The molecule has 1 heterocycles. The quantitative estimate of drug-likeness (QED) is 0.792. The molecule has 0 bridgehead atoms. The number of rotatable bonds is 5. The van der Waals surface area contributed by atoms with Gasteiger partial charge < -0.3 is 25.0 Å². The van der Waals surface area contributed by atoms with Crippen LogP contribution >= 0.6 is 0 Å². The van der Waals surface area contributed by atoms with Crippen LogP contribution in [0.2, 0.25) is 0 Å². The number of nitrogens with zero attached hydrogens (tertiary/aromatic N) is 1. The van der Waals surface area contributed by atoms with E-state index in [2.05, 4.69) is 15.2 Å². The standard InChI is InChI=1S/C17H23N3O3/c1-23-10-9-20-8-7-12-11-13(5-6-15(12)20)18-17(22)19-14-3-2-4-16(14)21/h5-8,11,14,16,21H,2-4,9-10H2,1H3,(H2,18,19,22)/t14-,16-/m0/s1. The number of carbonyl (C=O) groups excluding carboxylic acids is 1. The van der Waals surface area contributed by atoms with Gasteiger partial charge in [-0.25, -0.2) is 4.79 Å². The van der Waals surface area contributed by atoms with Crippen molar-refractivity contribution in [1.82, 2.24) is 9.88 Å². The number of aliphatic hydroxyl groups is 1. The van der Waals surface area contributed by atoms with Gasteiger partial charge >= 0.3 is 6.03 Å². The van der Waals surface area contributed by atoms with Gasteiger partial charge in [0.1, 0.15) is 0 Å². The van der Waals surface area contributed by atoms with E-state index in [0.29, 0.717) is 6.61 Å². The maximum atomic E-state index is 12.0. The Morgan fingerprint density at radius 2 is 2.26 bits per heavy atom. The second-order valence-corrected chi connectivity index (χ2v) is 5.98. The molecular formula is C17H23N3O3. The number of carbonyl (C=O) groups is 1. The van der Waals surface area contributed by atoms with Gasteiger partial charge in [0, 0.05) is 36.4 Å². The number of ether oxygens (including phenoxy) is 1. The fourth-order valence-electron chi connectivity index (χ4n) is 3.11. The van der Waals surface area contributed by atoms with Gasteiger partial charge in [0.25, 0.3) is 0 Å². The first-order valence-electron chi connectivity index (χ1n) is 8.01. The van der Waals surface area contributed by atoms with Gasteiger partial charge in [-0.3, -0.25) is 0 Å². The van der Waals surface area contributed by atoms with Crippen molar-refractivity contribution in [1.29, 1.82) is 0 Å². The lowest BCUT2D eigenvalue weighted by Gasteiger charge is -2.17. The smallest absolute Gasteiger partial charge is 0.319 e. The van der Waals surface area contributed by atoms with Crippen molar-refractivity contribution < 1.29 is 14.6 Å². The highest BCUT2D eigenvalue weighted by atomic mass is 16.5. The number of aliphatic hydroxyl groups excluding tert-OH is 1. The lowest BCUT2D eigenvalue weighted by Crippen LogP contribution is -2.42. The number of urea groups is 1. The van der Waals surface area contributed by atoms with Gasteiger partial charge in [-0.2, -0.15) is 0 Å². The third-order valence-corrected chi connectivity index (χ3v) is 4.36. The van der Waals surface area contributed by atoms with Gasteiger partial charge in [0.05, 0.1) is 18.8 Å². The summed E-state index contributed by atoms with van der Waals surface area (Å²) in [5, 5.41) is 16.5. The van der Waals surface area contributed by atoms with Crippen LogP contribution in [0.1, 0.15) is 19.3 Å². The van der Waals surface area contributed by atoms with E-state index in [0.717, 1.165) is 42.4 Å². The Kier molecular flexibility index (Phi) is 4.83. The Labute approximate surface area is 135 Å². The number of anilines is 1. The van der Waals surface area contributed by atoms with Crippen molar-refractivity contribution in [3.8, 4) is 0 Å². The second-order valence-electron chi connectivity index (χ2n) is 5.98. The highest BCUT2D eigenvalue weighted by molar-refractivity contribution is 5.93. The maximum Gasteiger partial charge on any atom is 0.319 e. The summed E-state index contributed by atoms with van der Waals surface area (Å²) in [6.45, 7) is 1.46. The fourth-order valence-corrected chi connectivity index (χ4v) is 3.11. The van der Waals surface area contributed by atoms with Crippen LogP contribution in [-0.4, -0.2) is 41.6 Å². The first-order valence-corrected chi connectivity index (χ1v) is 8.01. The van der Waals surface area contributed by atoms with Crippen molar-refractivity contribution in [3.05, 3.63) is 30.5 Å². The molecule has 6 heteroatoms. The molecule has 1 saturated carbocycles. The summed E-state index contributed by atoms with van der Waals surface area (Å²) in [4.78, 5) is 12.0. The molecule has 124 valence electrons. The number of nitrogens with one attached hydrogen (secondary N) is 2. The molecule has 1 aliphatic rings. The summed E-state index contributed by atoms with van der Waals surface area (Å²) in [7, 11) is 1.69. The lowest BCUT2D eigenvalue weighted by molar-refractivity contribution is 0.151. The Morgan fingerprint density at radius 3 is 3.00 bits per heavy atom. The lowest BCUT2D eigenvalue weighted by atomic mass is 10.2. The third-order valence-electron chi connectivity index (χ3n) is 4.36. The van der Waals surface area contributed by atoms with Crippen molar-refractivity contribution in [2.24, 2.45) is 0 Å². The minimum Gasteiger partial charge on any atom is -0.391 e. The highest BCUT2D eigenvalue weighted by Gasteiger charge is 2.26. The summed E-state index contributed by atoms with van der Waals surface area (Å²) < 4.78 is 7.23. The molecule has 0 spiro atoms. The molecule has 1 fully saturated rings. The van der Waals surface area contributed by atoms with Crippen LogP contribution in [0.3, 0.4) is 0 Å². The Bertz CT molecular complexity index is 683. The van der Waals surface area contributed by atoms with Crippen LogP contribution in [0.4, 0.5) is 10.5 Å². The van der Waals surface area contributed by atoms with Crippen LogP contribution in [0.25, 0.3) is 10.9 Å². The summed E-state index contributed by atoms with van der Waals surface area (Å²) in [5.41, 5.74) is 1.85. The zero-order valence-corrected chi connectivity index (χ0v) is 13.3. The minimum absolute atomic E-state index is 0.145. The van der Waals surface area contributed by atoms with E-state index in [-0.39, 0.29) is 12.1 Å². The molecule has 2 aromatic rings. The largest absolute Gasteiger partial charge is 0.391 e. The van der Waals surface area contributed by atoms with Crippen LogP contribution < -0.4 is 10.6 Å². The van der Waals surface area contributed by atoms with Gasteiger partial charge in [0.15, 0.2) is 0 Å². The fraction of sp³-hybridized carbons (Fsp3) is 0.471. The summed E-state index contributed by atoms with van der Waals surface area (Å²) >= 11 is 0. The van der Waals surface area contributed by atoms with Crippen molar-refractivity contribution in [2.75, 3.05) is 19.0 Å². The zero-order valence-electron chi connectivity index (χ0n) is 13.3. The minimum atomic E-state index is -0.432. The average molecular weight is 317 g/mol. The first-order chi connectivity index (χ1) is 11.2. The van der Waals surface area contributed by atoms with E-state index in [1.165, 1.54) is 0 Å². The third kappa shape index (κ3) is 3.65. The van der Waals surface area contributed by atoms with E-state index >= 15 is 0 Å².